The Hall–Kier alpha value is -3.59. The van der Waals surface area contributed by atoms with Crippen LogP contribution in [0.4, 0.5) is 5.69 Å². The van der Waals surface area contributed by atoms with Crippen LogP contribution in [-0.2, 0) is 7.05 Å². The van der Waals surface area contributed by atoms with Crippen LogP contribution >= 0.6 is 11.3 Å². The Morgan fingerprint density at radius 2 is 1.93 bits per heavy atom. The van der Waals surface area contributed by atoms with Gasteiger partial charge in [0.05, 0.1) is 11.4 Å². The fourth-order valence-electron chi connectivity index (χ4n) is 3.45. The Kier molecular flexibility index (Phi) is 4.39. The number of H-pyrrole nitrogens is 1. The number of nitrogen functional groups attached to an aromatic ring is 1. The number of carbonyl (C=O) groups excluding carboxylic acids is 2. The Morgan fingerprint density at radius 1 is 1.24 bits per heavy atom. The van der Waals surface area contributed by atoms with E-state index < -0.39 is 11.4 Å². The van der Waals surface area contributed by atoms with Gasteiger partial charge in [-0.2, -0.15) is 0 Å². The molecule has 0 aliphatic heterocycles. The highest BCUT2D eigenvalue weighted by atomic mass is 32.1. The number of nitrogens with one attached hydrogen (secondary N) is 1. The van der Waals surface area contributed by atoms with Crippen molar-refractivity contribution in [3.8, 4) is 11.1 Å². The average Bonchev–Trinajstić information content (AvgIpc) is 3.19. The van der Waals surface area contributed by atoms with Crippen molar-refractivity contribution in [2.45, 2.75) is 13.8 Å². The Bertz CT molecular complexity index is 1350. The first-order chi connectivity index (χ1) is 13.8. The predicted octanol–water partition coefficient (Wildman–Crippen LogP) is 2.39. The molecule has 0 radical (unpaired) electrons. The topological polar surface area (TPSA) is 123 Å². The standard InChI is InChI=1S/C20H16N4O4S/c1-9-12(10(2)25)13(11-7-5-4-6-8-11)14-15(21)18(29-19(14)22-9)17(26)16-20(27)28-23-24(16)3/h4-8H,1-3H3,(H2-,21,23,26,27)/p+1. The maximum atomic E-state index is 13.0. The maximum Gasteiger partial charge on any atom is 0.438 e. The number of nitrogens with zero attached hydrogens (tertiary/aromatic N) is 2. The number of ketones is 2. The second-order valence-electron chi connectivity index (χ2n) is 6.61. The SMILES string of the molecule is CC(=O)c1c(C)nc2sc(C(=O)c3c(=O)o[nH][n+]3C)c(N)c2c1-c1ccccc1. The molecule has 8 nitrogen and oxygen atoms in total. The lowest BCUT2D eigenvalue weighted by Gasteiger charge is -2.12. The molecular formula is C20H17N4O4S+. The molecule has 4 rings (SSSR count). The van der Waals surface area contributed by atoms with Gasteiger partial charge in [-0.1, -0.05) is 35.0 Å². The summed E-state index contributed by atoms with van der Waals surface area (Å²) >= 11 is 1.09. The molecule has 0 aliphatic carbocycles. The van der Waals surface area contributed by atoms with Gasteiger partial charge >= 0.3 is 11.3 Å². The second kappa shape index (κ2) is 6.78. The number of benzene rings is 1. The number of Topliss-reactive ketones (excluding diaryl/α,β-unsaturated/α-hetero) is 1. The van der Waals surface area contributed by atoms with Crippen LogP contribution in [0.1, 0.15) is 38.3 Å². The smallest absolute Gasteiger partial charge is 0.397 e. The van der Waals surface area contributed by atoms with E-state index in [0.717, 1.165) is 16.9 Å². The summed E-state index contributed by atoms with van der Waals surface area (Å²) in [6.07, 6.45) is 0. The summed E-state index contributed by atoms with van der Waals surface area (Å²) in [6, 6.07) is 9.35. The first-order valence-corrected chi connectivity index (χ1v) is 9.54. The number of aromatic nitrogens is 3. The Balaban J connectivity index is 2.08. The third kappa shape index (κ3) is 2.87. The molecule has 0 saturated heterocycles. The second-order valence-corrected chi connectivity index (χ2v) is 7.61. The van der Waals surface area contributed by atoms with Gasteiger partial charge in [0.15, 0.2) is 12.8 Å². The lowest BCUT2D eigenvalue weighted by atomic mass is 9.93. The van der Waals surface area contributed by atoms with Gasteiger partial charge in [0.1, 0.15) is 9.71 Å². The molecule has 0 atom stereocenters. The van der Waals surface area contributed by atoms with E-state index in [1.165, 1.54) is 18.7 Å². The lowest BCUT2D eigenvalue weighted by Crippen LogP contribution is -2.39. The minimum atomic E-state index is -0.786. The molecule has 3 N–H and O–H groups in total. The first kappa shape index (κ1) is 18.8. The van der Waals surface area contributed by atoms with Crippen LogP contribution in [0.2, 0.25) is 0 Å². The van der Waals surface area contributed by atoms with Gasteiger partial charge in [-0.25, -0.2) is 9.78 Å². The van der Waals surface area contributed by atoms with Crippen molar-refractivity contribution in [2.24, 2.45) is 7.05 Å². The van der Waals surface area contributed by atoms with Crippen LogP contribution in [0.5, 0.6) is 0 Å². The van der Waals surface area contributed by atoms with Gasteiger partial charge in [-0.05, 0) is 24.7 Å². The molecule has 0 unspecified atom stereocenters. The lowest BCUT2D eigenvalue weighted by molar-refractivity contribution is -0.741. The number of fused-ring (bicyclic) bond motifs is 1. The maximum absolute atomic E-state index is 13.0. The molecule has 0 bridgehead atoms. The molecule has 0 fully saturated rings. The number of pyridine rings is 1. The fourth-order valence-corrected chi connectivity index (χ4v) is 4.54. The van der Waals surface area contributed by atoms with Crippen molar-refractivity contribution < 1.29 is 18.8 Å². The Labute approximate surface area is 168 Å². The number of nitrogens with two attached hydrogens (primary N) is 1. The summed E-state index contributed by atoms with van der Waals surface area (Å²) in [4.78, 5) is 42.6. The summed E-state index contributed by atoms with van der Waals surface area (Å²) < 4.78 is 5.88. The molecule has 3 heterocycles. The zero-order valence-corrected chi connectivity index (χ0v) is 16.7. The summed E-state index contributed by atoms with van der Waals surface area (Å²) in [7, 11) is 1.49. The van der Waals surface area contributed by atoms with E-state index in [-0.39, 0.29) is 22.0 Å². The van der Waals surface area contributed by atoms with E-state index in [0.29, 0.717) is 27.0 Å². The predicted molar refractivity (Wildman–Crippen MR) is 108 cm³/mol. The molecular weight excluding hydrogens is 392 g/mol. The van der Waals surface area contributed by atoms with Crippen molar-refractivity contribution in [1.29, 1.82) is 0 Å². The number of anilines is 1. The molecule has 0 spiro atoms. The summed E-state index contributed by atoms with van der Waals surface area (Å²) in [5.74, 6) is -0.712. The van der Waals surface area contributed by atoms with Crippen molar-refractivity contribution in [1.82, 2.24) is 10.3 Å². The number of hydrogen-bond donors (Lipinski definition) is 2. The Morgan fingerprint density at radius 3 is 2.52 bits per heavy atom. The highest BCUT2D eigenvalue weighted by Gasteiger charge is 2.33. The van der Waals surface area contributed by atoms with Crippen LogP contribution < -0.4 is 16.0 Å². The van der Waals surface area contributed by atoms with E-state index in [2.05, 4.69) is 14.8 Å². The van der Waals surface area contributed by atoms with Crippen LogP contribution in [0.3, 0.4) is 0 Å². The molecule has 0 amide bonds. The molecule has 9 heteroatoms. The monoisotopic (exact) mass is 409 g/mol. The van der Waals surface area contributed by atoms with Crippen LogP contribution in [0.25, 0.3) is 21.3 Å². The van der Waals surface area contributed by atoms with E-state index in [4.69, 9.17) is 5.73 Å². The average molecular weight is 409 g/mol. The van der Waals surface area contributed by atoms with Crippen molar-refractivity contribution in [3.05, 3.63) is 62.6 Å². The number of hydrogen-bond acceptors (Lipinski definition) is 7. The van der Waals surface area contributed by atoms with E-state index >= 15 is 0 Å². The fraction of sp³-hybridized carbons (Fsp3) is 0.150. The number of thiophene rings is 1. The minimum absolute atomic E-state index is 0.146. The van der Waals surface area contributed by atoms with E-state index in [9.17, 15) is 14.4 Å². The zero-order chi connectivity index (χ0) is 20.9. The molecule has 4 aromatic rings. The number of aryl methyl sites for hydroxylation is 2. The highest BCUT2D eigenvalue weighted by molar-refractivity contribution is 7.21. The van der Waals surface area contributed by atoms with Gasteiger partial charge < -0.3 is 5.73 Å². The van der Waals surface area contributed by atoms with Gasteiger partial charge in [0.2, 0.25) is 0 Å². The largest absolute Gasteiger partial charge is 0.438 e. The van der Waals surface area contributed by atoms with E-state index in [1.54, 1.807) is 6.92 Å². The highest BCUT2D eigenvalue weighted by Crippen LogP contribution is 2.42. The first-order valence-electron chi connectivity index (χ1n) is 8.72. The normalized spacial score (nSPS) is 11.1. The summed E-state index contributed by atoms with van der Waals surface area (Å²) in [5, 5.41) is 2.85. The van der Waals surface area contributed by atoms with Gasteiger partial charge in [0.25, 0.3) is 5.78 Å². The zero-order valence-electron chi connectivity index (χ0n) is 15.9. The molecule has 0 aliphatic rings. The number of rotatable bonds is 4. The van der Waals surface area contributed by atoms with Crippen molar-refractivity contribution >= 4 is 38.8 Å². The summed E-state index contributed by atoms with van der Waals surface area (Å²) in [5.41, 5.74) is 8.06. The van der Waals surface area contributed by atoms with Crippen LogP contribution in [-0.4, -0.2) is 21.8 Å². The summed E-state index contributed by atoms with van der Waals surface area (Å²) in [6.45, 7) is 3.22. The number of aromatic amines is 1. The number of carbonyl (C=O) groups is 2. The van der Waals surface area contributed by atoms with Crippen LogP contribution in [0, 0.1) is 6.92 Å². The van der Waals surface area contributed by atoms with Gasteiger partial charge in [-0.3, -0.25) is 14.1 Å². The molecule has 3 aromatic heterocycles. The van der Waals surface area contributed by atoms with E-state index in [1.807, 2.05) is 30.3 Å². The minimum Gasteiger partial charge on any atom is -0.397 e. The van der Waals surface area contributed by atoms with Crippen LogP contribution in [0.15, 0.2) is 39.6 Å². The third-order valence-corrected chi connectivity index (χ3v) is 5.80. The van der Waals surface area contributed by atoms with Crippen molar-refractivity contribution in [2.75, 3.05) is 5.73 Å². The molecule has 29 heavy (non-hydrogen) atoms. The third-order valence-electron chi connectivity index (χ3n) is 4.70. The molecule has 146 valence electrons. The van der Waals surface area contributed by atoms with Gasteiger partial charge in [-0.15, -0.1) is 11.3 Å². The van der Waals surface area contributed by atoms with Crippen molar-refractivity contribution in [3.63, 3.8) is 0 Å². The van der Waals surface area contributed by atoms with Gasteiger partial charge in [0, 0.05) is 16.5 Å². The molecule has 0 saturated carbocycles. The quantitative estimate of drug-likeness (QED) is 0.394. The molecule has 1 aromatic carbocycles.